The minimum atomic E-state index is -1.27. The van der Waals surface area contributed by atoms with Gasteiger partial charge in [0.05, 0.1) is 7.11 Å². The Morgan fingerprint density at radius 3 is 1.70 bits per heavy atom. The second kappa shape index (κ2) is 8.73. The van der Waals surface area contributed by atoms with E-state index in [0.29, 0.717) is 4.47 Å². The molecule has 0 unspecified atom stereocenters. The Balaban J connectivity index is 0.000000231. The SMILES string of the molecule is COC(=O)c1c(F)cccc1Br.O=C(O)c1c(F)cccc1Br. The lowest BCUT2D eigenvalue weighted by atomic mass is 10.2. The summed E-state index contributed by atoms with van der Waals surface area (Å²) in [7, 11) is 1.21. The van der Waals surface area contributed by atoms with Crippen LogP contribution in [0, 0.1) is 11.6 Å². The maximum absolute atomic E-state index is 13.0. The standard InChI is InChI=1S/C8H6BrFO2.C7H4BrFO2/c1-12-8(11)7-5(9)3-2-4-6(7)10;8-4-2-1-3-5(9)6(4)7(10)11/h2-4H,1H3;1-3H,(H,10,11). The number of hydrogen-bond donors (Lipinski definition) is 1. The molecule has 0 aliphatic rings. The third-order valence-electron chi connectivity index (χ3n) is 2.53. The Morgan fingerprint density at radius 2 is 1.39 bits per heavy atom. The van der Waals surface area contributed by atoms with Crippen LogP contribution in [-0.4, -0.2) is 24.2 Å². The van der Waals surface area contributed by atoms with Crippen molar-refractivity contribution in [2.75, 3.05) is 7.11 Å². The molecule has 4 nitrogen and oxygen atoms in total. The number of aromatic carboxylic acids is 1. The zero-order chi connectivity index (χ0) is 17.6. The van der Waals surface area contributed by atoms with E-state index in [2.05, 4.69) is 36.6 Å². The van der Waals surface area contributed by atoms with Crippen molar-refractivity contribution >= 4 is 43.8 Å². The van der Waals surface area contributed by atoms with Gasteiger partial charge in [-0.25, -0.2) is 18.4 Å². The molecule has 0 radical (unpaired) electrons. The average Bonchev–Trinajstić information content (AvgIpc) is 2.47. The Labute approximate surface area is 147 Å². The van der Waals surface area contributed by atoms with Gasteiger partial charge in [-0.05, 0) is 56.1 Å². The number of methoxy groups -OCH3 is 1. The lowest BCUT2D eigenvalue weighted by molar-refractivity contribution is 0.0593. The van der Waals surface area contributed by atoms with E-state index in [1.54, 1.807) is 6.07 Å². The van der Waals surface area contributed by atoms with Gasteiger partial charge in [0.1, 0.15) is 22.8 Å². The van der Waals surface area contributed by atoms with Crippen LogP contribution in [0.4, 0.5) is 8.78 Å². The molecule has 0 atom stereocenters. The van der Waals surface area contributed by atoms with Gasteiger partial charge in [0.15, 0.2) is 0 Å². The molecule has 0 aliphatic heterocycles. The summed E-state index contributed by atoms with van der Waals surface area (Å²) in [5.41, 5.74) is -0.396. The Bertz CT molecular complexity index is 695. The van der Waals surface area contributed by atoms with E-state index in [-0.39, 0.29) is 15.6 Å². The summed E-state index contributed by atoms with van der Waals surface area (Å²) in [6, 6.07) is 8.31. The summed E-state index contributed by atoms with van der Waals surface area (Å²) in [4.78, 5) is 21.3. The molecule has 0 fully saturated rings. The summed E-state index contributed by atoms with van der Waals surface area (Å²) in [5.74, 6) is -3.27. The number of carbonyl (C=O) groups is 2. The summed E-state index contributed by atoms with van der Waals surface area (Å²) >= 11 is 5.97. The molecule has 0 aliphatic carbocycles. The van der Waals surface area contributed by atoms with Crippen molar-refractivity contribution < 1.29 is 28.2 Å². The highest BCUT2D eigenvalue weighted by Gasteiger charge is 2.15. The van der Waals surface area contributed by atoms with Crippen LogP contribution in [0.2, 0.25) is 0 Å². The number of hydrogen-bond acceptors (Lipinski definition) is 3. The van der Waals surface area contributed by atoms with Crippen LogP contribution in [0.15, 0.2) is 45.3 Å². The van der Waals surface area contributed by atoms with Gasteiger partial charge in [-0.15, -0.1) is 0 Å². The van der Waals surface area contributed by atoms with Crippen molar-refractivity contribution in [3.05, 3.63) is 68.1 Å². The largest absolute Gasteiger partial charge is 0.478 e. The van der Waals surface area contributed by atoms with E-state index in [4.69, 9.17) is 5.11 Å². The highest BCUT2D eigenvalue weighted by Crippen LogP contribution is 2.20. The molecule has 8 heteroatoms. The van der Waals surface area contributed by atoms with E-state index in [0.717, 1.165) is 6.07 Å². The van der Waals surface area contributed by atoms with Crippen LogP contribution >= 0.6 is 31.9 Å². The lowest BCUT2D eigenvalue weighted by Gasteiger charge is -2.02. The molecular formula is C15H10Br2F2O4. The first-order valence-corrected chi connectivity index (χ1v) is 7.57. The summed E-state index contributed by atoms with van der Waals surface area (Å²) in [6.45, 7) is 0. The fourth-order valence-corrected chi connectivity index (χ4v) is 2.51. The van der Waals surface area contributed by atoms with Gasteiger partial charge < -0.3 is 9.84 Å². The van der Waals surface area contributed by atoms with Crippen LogP contribution < -0.4 is 0 Å². The highest BCUT2D eigenvalue weighted by atomic mass is 79.9. The highest BCUT2D eigenvalue weighted by molar-refractivity contribution is 9.10. The Hall–Kier alpha value is -1.80. The number of carboxylic acid groups (broad SMARTS) is 1. The van der Waals surface area contributed by atoms with Gasteiger partial charge in [0.25, 0.3) is 0 Å². The summed E-state index contributed by atoms with van der Waals surface area (Å²) in [6.07, 6.45) is 0. The van der Waals surface area contributed by atoms with Crippen LogP contribution in [0.1, 0.15) is 20.7 Å². The van der Waals surface area contributed by atoms with Crippen LogP contribution in [0.3, 0.4) is 0 Å². The minimum Gasteiger partial charge on any atom is -0.478 e. The molecule has 0 amide bonds. The summed E-state index contributed by atoms with van der Waals surface area (Å²) < 4.78 is 30.7. The quantitative estimate of drug-likeness (QED) is 0.674. The van der Waals surface area contributed by atoms with Crippen molar-refractivity contribution in [3.8, 4) is 0 Å². The molecule has 23 heavy (non-hydrogen) atoms. The second-order valence-electron chi connectivity index (χ2n) is 3.99. The average molecular weight is 452 g/mol. The van der Waals surface area contributed by atoms with E-state index in [1.165, 1.54) is 31.4 Å². The number of benzene rings is 2. The number of esters is 1. The van der Waals surface area contributed by atoms with Crippen molar-refractivity contribution in [2.45, 2.75) is 0 Å². The Morgan fingerprint density at radius 1 is 0.957 bits per heavy atom. The van der Waals surface area contributed by atoms with Crippen LogP contribution in [0.5, 0.6) is 0 Å². The molecule has 0 spiro atoms. The normalized spacial score (nSPS) is 9.61. The number of halogens is 4. The summed E-state index contributed by atoms with van der Waals surface area (Å²) in [5, 5.41) is 8.48. The second-order valence-corrected chi connectivity index (χ2v) is 5.70. The molecule has 0 heterocycles. The lowest BCUT2D eigenvalue weighted by Crippen LogP contribution is -2.05. The van der Waals surface area contributed by atoms with Gasteiger partial charge >= 0.3 is 11.9 Å². The maximum Gasteiger partial charge on any atom is 0.342 e. The van der Waals surface area contributed by atoms with Crippen LogP contribution in [-0.2, 0) is 4.74 Å². The van der Waals surface area contributed by atoms with Crippen molar-refractivity contribution in [1.29, 1.82) is 0 Å². The van der Waals surface area contributed by atoms with Gasteiger partial charge in [-0.3, -0.25) is 0 Å². The molecule has 2 aromatic carbocycles. The molecule has 122 valence electrons. The number of ether oxygens (including phenoxy) is 1. The molecular weight excluding hydrogens is 442 g/mol. The molecule has 2 aromatic rings. The minimum absolute atomic E-state index is 0.0694. The van der Waals surface area contributed by atoms with Crippen molar-refractivity contribution in [2.24, 2.45) is 0 Å². The monoisotopic (exact) mass is 450 g/mol. The first-order valence-electron chi connectivity index (χ1n) is 5.99. The molecule has 2 rings (SSSR count). The van der Waals surface area contributed by atoms with Gasteiger partial charge in [-0.1, -0.05) is 12.1 Å². The van der Waals surface area contributed by atoms with Gasteiger partial charge in [0.2, 0.25) is 0 Å². The number of carbonyl (C=O) groups excluding carboxylic acids is 1. The predicted molar refractivity (Wildman–Crippen MR) is 86.5 cm³/mol. The molecule has 0 bridgehead atoms. The van der Waals surface area contributed by atoms with Crippen molar-refractivity contribution in [1.82, 2.24) is 0 Å². The van der Waals surface area contributed by atoms with E-state index in [9.17, 15) is 18.4 Å². The fourth-order valence-electron chi connectivity index (χ4n) is 1.50. The van der Waals surface area contributed by atoms with E-state index < -0.39 is 23.6 Å². The van der Waals surface area contributed by atoms with Gasteiger partial charge in [0, 0.05) is 8.95 Å². The zero-order valence-corrected chi connectivity index (χ0v) is 14.8. The number of rotatable bonds is 2. The molecule has 0 saturated heterocycles. The molecule has 0 aromatic heterocycles. The first-order chi connectivity index (χ1) is 10.8. The third kappa shape index (κ3) is 5.11. The van der Waals surface area contributed by atoms with E-state index >= 15 is 0 Å². The topological polar surface area (TPSA) is 63.6 Å². The molecule has 0 saturated carbocycles. The predicted octanol–water partition coefficient (Wildman–Crippen LogP) is 4.66. The zero-order valence-electron chi connectivity index (χ0n) is 11.6. The fraction of sp³-hybridized carbons (Fsp3) is 0.0667. The smallest absolute Gasteiger partial charge is 0.342 e. The first kappa shape index (κ1) is 19.2. The van der Waals surface area contributed by atoms with E-state index in [1.807, 2.05) is 0 Å². The Kier molecular flexibility index (Phi) is 7.31. The molecule has 1 N–H and O–H groups in total. The van der Waals surface area contributed by atoms with Gasteiger partial charge in [-0.2, -0.15) is 0 Å². The number of carboxylic acids is 1. The maximum atomic E-state index is 13.0. The van der Waals surface area contributed by atoms with Crippen LogP contribution in [0.25, 0.3) is 0 Å². The third-order valence-corrected chi connectivity index (χ3v) is 3.85. The van der Waals surface area contributed by atoms with Crippen molar-refractivity contribution in [3.63, 3.8) is 0 Å².